The molecule has 0 heterocycles. The summed E-state index contributed by atoms with van der Waals surface area (Å²) in [5.74, 6) is 1.73. The van der Waals surface area contributed by atoms with Gasteiger partial charge in [-0.3, -0.25) is 4.90 Å². The highest BCUT2D eigenvalue weighted by Gasteiger charge is 2.07. The van der Waals surface area contributed by atoms with E-state index in [1.54, 1.807) is 7.11 Å². The van der Waals surface area contributed by atoms with Crippen molar-refractivity contribution in [3.05, 3.63) is 28.8 Å². The quantitative estimate of drug-likeness (QED) is 0.625. The maximum atomic E-state index is 5.28. The third kappa shape index (κ3) is 2.89. The molecule has 0 unspecified atom stereocenters. The molecule has 1 aromatic rings. The van der Waals surface area contributed by atoms with Crippen LogP contribution in [0.2, 0.25) is 0 Å². The molecule has 0 bridgehead atoms. The first-order valence-corrected chi connectivity index (χ1v) is 5.65. The van der Waals surface area contributed by atoms with Gasteiger partial charge in [0.05, 0.1) is 7.11 Å². The summed E-state index contributed by atoms with van der Waals surface area (Å²) in [6, 6.07) is 4.16. The van der Waals surface area contributed by atoms with Crippen molar-refractivity contribution in [1.82, 2.24) is 4.90 Å². The third-order valence-electron chi connectivity index (χ3n) is 2.75. The van der Waals surface area contributed by atoms with E-state index in [1.807, 2.05) is 6.07 Å². The summed E-state index contributed by atoms with van der Waals surface area (Å²) in [5, 5.41) is 0. The Morgan fingerprint density at radius 2 is 1.93 bits per heavy atom. The van der Waals surface area contributed by atoms with Crippen LogP contribution in [0.1, 0.15) is 16.7 Å². The second-order valence-electron chi connectivity index (χ2n) is 3.83. The number of rotatable bonds is 4. The van der Waals surface area contributed by atoms with Crippen LogP contribution in [0.4, 0.5) is 0 Å². The molecule has 0 aliphatic rings. The van der Waals surface area contributed by atoms with E-state index in [2.05, 4.69) is 44.5 Å². The van der Waals surface area contributed by atoms with Gasteiger partial charge in [-0.1, -0.05) is 6.07 Å². The minimum Gasteiger partial charge on any atom is -0.496 e. The third-order valence-corrected chi connectivity index (χ3v) is 3.23. The second kappa shape index (κ2) is 5.42. The Balaban J connectivity index is 2.96. The highest BCUT2D eigenvalue weighted by molar-refractivity contribution is 7.80. The van der Waals surface area contributed by atoms with Crippen molar-refractivity contribution in [2.75, 3.05) is 20.0 Å². The highest BCUT2D eigenvalue weighted by atomic mass is 32.1. The van der Waals surface area contributed by atoms with E-state index in [4.69, 9.17) is 4.74 Å². The number of thiol groups is 1. The molecule has 0 aromatic heterocycles. The summed E-state index contributed by atoms with van der Waals surface area (Å²) in [6.45, 7) is 5.16. The first-order chi connectivity index (χ1) is 7.10. The first-order valence-electron chi connectivity index (χ1n) is 5.02. The molecule has 0 aliphatic heterocycles. The average Bonchev–Trinajstić information content (AvgIpc) is 2.25. The molecule has 0 fully saturated rings. The van der Waals surface area contributed by atoms with Crippen LogP contribution in [0, 0.1) is 13.8 Å². The predicted molar refractivity (Wildman–Crippen MR) is 67.8 cm³/mol. The molecule has 0 N–H and O–H groups in total. The Hall–Kier alpha value is -0.670. The Morgan fingerprint density at radius 3 is 2.47 bits per heavy atom. The van der Waals surface area contributed by atoms with Gasteiger partial charge in [0.15, 0.2) is 0 Å². The molecular formula is C12H19NOS. The fourth-order valence-corrected chi connectivity index (χ4v) is 1.69. The molecule has 0 saturated heterocycles. The van der Waals surface area contributed by atoms with Crippen LogP contribution in [-0.4, -0.2) is 24.9 Å². The lowest BCUT2D eigenvalue weighted by molar-refractivity contribution is 0.384. The van der Waals surface area contributed by atoms with Gasteiger partial charge in [-0.05, 0) is 43.7 Å². The van der Waals surface area contributed by atoms with Crippen LogP contribution in [0.3, 0.4) is 0 Å². The van der Waals surface area contributed by atoms with Crippen molar-refractivity contribution in [3.63, 3.8) is 0 Å². The molecule has 3 heteroatoms. The zero-order valence-electron chi connectivity index (χ0n) is 9.87. The molecule has 84 valence electrons. The van der Waals surface area contributed by atoms with Crippen LogP contribution in [-0.2, 0) is 6.54 Å². The van der Waals surface area contributed by atoms with Gasteiger partial charge in [-0.25, -0.2) is 0 Å². The summed E-state index contributed by atoms with van der Waals surface area (Å²) >= 11 is 4.25. The van der Waals surface area contributed by atoms with Crippen LogP contribution in [0.15, 0.2) is 12.1 Å². The zero-order valence-corrected chi connectivity index (χ0v) is 10.8. The van der Waals surface area contributed by atoms with Crippen molar-refractivity contribution in [1.29, 1.82) is 0 Å². The minimum atomic E-state index is 0.768. The van der Waals surface area contributed by atoms with Crippen molar-refractivity contribution in [2.45, 2.75) is 20.4 Å². The number of hydrogen-bond acceptors (Lipinski definition) is 3. The Morgan fingerprint density at radius 1 is 1.27 bits per heavy atom. The largest absolute Gasteiger partial charge is 0.496 e. The maximum absolute atomic E-state index is 5.28. The fraction of sp³-hybridized carbons (Fsp3) is 0.500. The van der Waals surface area contributed by atoms with Gasteiger partial charge in [0, 0.05) is 12.4 Å². The Labute approximate surface area is 97.6 Å². The summed E-state index contributed by atoms with van der Waals surface area (Å²) < 4.78 is 5.28. The molecule has 0 radical (unpaired) electrons. The van der Waals surface area contributed by atoms with Gasteiger partial charge in [-0.15, -0.1) is 0 Å². The molecular weight excluding hydrogens is 206 g/mol. The average molecular weight is 225 g/mol. The fourth-order valence-electron chi connectivity index (χ4n) is 1.59. The lowest BCUT2D eigenvalue weighted by Gasteiger charge is -2.17. The van der Waals surface area contributed by atoms with Gasteiger partial charge in [0.2, 0.25) is 0 Å². The van der Waals surface area contributed by atoms with Gasteiger partial charge in [0.1, 0.15) is 5.75 Å². The van der Waals surface area contributed by atoms with E-state index in [0.29, 0.717) is 0 Å². The number of benzene rings is 1. The minimum absolute atomic E-state index is 0.768. The monoisotopic (exact) mass is 225 g/mol. The molecule has 1 aromatic carbocycles. The van der Waals surface area contributed by atoms with E-state index in [9.17, 15) is 0 Å². The van der Waals surface area contributed by atoms with E-state index >= 15 is 0 Å². The summed E-state index contributed by atoms with van der Waals surface area (Å²) in [6.07, 6.45) is 0. The van der Waals surface area contributed by atoms with Crippen LogP contribution < -0.4 is 4.74 Å². The molecule has 0 saturated carbocycles. The second-order valence-corrected chi connectivity index (χ2v) is 4.12. The summed E-state index contributed by atoms with van der Waals surface area (Å²) in [7, 11) is 3.77. The molecule has 0 spiro atoms. The van der Waals surface area contributed by atoms with Gasteiger partial charge in [0.25, 0.3) is 0 Å². The Bertz CT molecular complexity index is 339. The predicted octanol–water partition coefficient (Wildman–Crippen LogP) is 2.63. The summed E-state index contributed by atoms with van der Waals surface area (Å²) in [5.41, 5.74) is 3.87. The number of methoxy groups -OCH3 is 1. The first kappa shape index (κ1) is 12.4. The standard InChI is InChI=1S/C12H19NOS/c1-9-10(2)12(14-4)6-5-11(9)7-13(3)8-15/h5-6,15H,7-8H2,1-4H3. The van der Waals surface area contributed by atoms with Crippen LogP contribution in [0.25, 0.3) is 0 Å². The maximum Gasteiger partial charge on any atom is 0.122 e. The smallest absolute Gasteiger partial charge is 0.122 e. The topological polar surface area (TPSA) is 12.5 Å². The lowest BCUT2D eigenvalue weighted by atomic mass is 10.0. The molecule has 0 amide bonds. The van der Waals surface area contributed by atoms with Crippen molar-refractivity contribution in [2.24, 2.45) is 0 Å². The van der Waals surface area contributed by atoms with E-state index in [0.717, 1.165) is 18.2 Å². The number of hydrogen-bond donors (Lipinski definition) is 1. The van der Waals surface area contributed by atoms with Gasteiger partial charge >= 0.3 is 0 Å². The van der Waals surface area contributed by atoms with Gasteiger partial charge < -0.3 is 4.74 Å². The van der Waals surface area contributed by atoms with Crippen LogP contribution in [0.5, 0.6) is 5.75 Å². The van der Waals surface area contributed by atoms with E-state index in [1.165, 1.54) is 16.7 Å². The van der Waals surface area contributed by atoms with E-state index in [-0.39, 0.29) is 0 Å². The number of ether oxygens (including phenoxy) is 1. The van der Waals surface area contributed by atoms with Gasteiger partial charge in [-0.2, -0.15) is 12.6 Å². The van der Waals surface area contributed by atoms with E-state index < -0.39 is 0 Å². The SMILES string of the molecule is COc1ccc(CN(C)CS)c(C)c1C. The molecule has 0 atom stereocenters. The zero-order chi connectivity index (χ0) is 11.4. The van der Waals surface area contributed by atoms with Crippen molar-refractivity contribution < 1.29 is 4.74 Å². The lowest BCUT2D eigenvalue weighted by Crippen LogP contribution is -2.16. The van der Waals surface area contributed by atoms with Crippen LogP contribution >= 0.6 is 12.6 Å². The Kier molecular flexibility index (Phi) is 4.48. The highest BCUT2D eigenvalue weighted by Crippen LogP contribution is 2.24. The normalized spacial score (nSPS) is 10.8. The number of nitrogens with zero attached hydrogens (tertiary/aromatic N) is 1. The molecule has 2 nitrogen and oxygen atoms in total. The molecule has 0 aliphatic carbocycles. The molecule has 1 rings (SSSR count). The summed E-state index contributed by atoms with van der Waals surface area (Å²) in [4.78, 5) is 2.16. The van der Waals surface area contributed by atoms with Crippen molar-refractivity contribution in [3.8, 4) is 5.75 Å². The van der Waals surface area contributed by atoms with Crippen molar-refractivity contribution >= 4 is 12.6 Å². The molecule has 15 heavy (non-hydrogen) atoms.